The quantitative estimate of drug-likeness (QED) is 0.312. The van der Waals surface area contributed by atoms with Crippen molar-refractivity contribution in [3.63, 3.8) is 0 Å². The molecule has 0 amide bonds. The van der Waals surface area contributed by atoms with Gasteiger partial charge in [0.2, 0.25) is 0 Å². The summed E-state index contributed by atoms with van der Waals surface area (Å²) in [5.41, 5.74) is 3.69. The molecule has 0 aliphatic heterocycles. The van der Waals surface area contributed by atoms with Crippen molar-refractivity contribution in [1.29, 1.82) is 0 Å². The lowest BCUT2D eigenvalue weighted by Gasteiger charge is -1.91. The molecule has 1 aromatic heterocycles. The molecule has 1 heterocycles. The molecule has 44 valence electrons. The van der Waals surface area contributed by atoms with Gasteiger partial charge in [-0.1, -0.05) is 5.46 Å². The van der Waals surface area contributed by atoms with Gasteiger partial charge >= 0.3 is 0 Å². The van der Waals surface area contributed by atoms with Gasteiger partial charge in [0.05, 0.1) is 0 Å². The predicted octanol–water partition coefficient (Wildman–Crippen LogP) is -4.80. The van der Waals surface area contributed by atoms with Gasteiger partial charge in [-0.3, -0.25) is 4.68 Å². The molecule has 2 nitrogen and oxygen atoms in total. The highest BCUT2D eigenvalue weighted by molar-refractivity contribution is 6.56. The highest BCUT2D eigenvalue weighted by Crippen LogP contribution is 1.61. The molecule has 0 fully saturated rings. The Hall–Kier alpha value is -0.595. The summed E-state index contributed by atoms with van der Waals surface area (Å²) in [6, 6.07) is 0. The van der Waals surface area contributed by atoms with E-state index in [0.717, 1.165) is 5.59 Å². The first-order chi connectivity index (χ1) is 4.13. The molecule has 1 aromatic rings. The second-order valence-electron chi connectivity index (χ2n) is 2.42. The summed E-state index contributed by atoms with van der Waals surface area (Å²) in [6.07, 6.45) is 0. The Labute approximate surface area is 57.9 Å². The Bertz CT molecular complexity index is 207. The van der Waals surface area contributed by atoms with Crippen molar-refractivity contribution in [3.8, 4) is 0 Å². The van der Waals surface area contributed by atoms with Crippen LogP contribution in [0.5, 0.6) is 0 Å². The van der Waals surface area contributed by atoms with Crippen molar-refractivity contribution >= 4 is 40.2 Å². The number of rotatable bonds is 0. The van der Waals surface area contributed by atoms with E-state index in [1.54, 1.807) is 0 Å². The normalized spacial score (nSPS) is 9.89. The molecule has 9 heavy (non-hydrogen) atoms. The predicted molar refractivity (Wildman–Crippen MR) is 47.7 cm³/mol. The summed E-state index contributed by atoms with van der Waals surface area (Å²) in [6.45, 7) is 0. The standard InChI is InChI=1S/C4H9B3N2/c1-9-4(7)2(5)3(6)8-9/h5-7H2,1H3. The minimum atomic E-state index is 1.13. The van der Waals surface area contributed by atoms with E-state index in [4.69, 9.17) is 0 Å². The highest BCUT2D eigenvalue weighted by atomic mass is 15.3. The molecule has 0 saturated carbocycles. The van der Waals surface area contributed by atoms with Gasteiger partial charge in [0.1, 0.15) is 7.85 Å². The Morgan fingerprint density at radius 2 is 1.89 bits per heavy atom. The van der Waals surface area contributed by atoms with Crippen molar-refractivity contribution in [1.82, 2.24) is 9.78 Å². The molecule has 0 aliphatic rings. The van der Waals surface area contributed by atoms with Gasteiger partial charge in [-0.15, -0.1) is 0 Å². The van der Waals surface area contributed by atoms with E-state index in [1.165, 1.54) is 11.1 Å². The Balaban J connectivity index is 3.29. The van der Waals surface area contributed by atoms with E-state index >= 15 is 0 Å². The van der Waals surface area contributed by atoms with Crippen LogP contribution in [0.15, 0.2) is 0 Å². The topological polar surface area (TPSA) is 17.8 Å². The monoisotopic (exact) mass is 118 g/mol. The van der Waals surface area contributed by atoms with Crippen LogP contribution < -0.4 is 16.6 Å². The molecule has 0 saturated heterocycles. The second-order valence-corrected chi connectivity index (χ2v) is 2.42. The van der Waals surface area contributed by atoms with Crippen LogP contribution in [0.4, 0.5) is 0 Å². The van der Waals surface area contributed by atoms with E-state index in [-0.39, 0.29) is 0 Å². The van der Waals surface area contributed by atoms with Crippen LogP contribution in [0.2, 0.25) is 0 Å². The Morgan fingerprint density at radius 1 is 1.33 bits per heavy atom. The molecular formula is C4H9B3N2. The van der Waals surface area contributed by atoms with Crippen molar-refractivity contribution in [2.45, 2.75) is 0 Å². The van der Waals surface area contributed by atoms with Crippen LogP contribution in [0.3, 0.4) is 0 Å². The van der Waals surface area contributed by atoms with Crippen LogP contribution in [-0.4, -0.2) is 33.3 Å². The first kappa shape index (κ1) is 6.52. The molecule has 0 unspecified atom stereocenters. The zero-order valence-corrected chi connectivity index (χ0v) is 6.39. The van der Waals surface area contributed by atoms with Gasteiger partial charge < -0.3 is 0 Å². The van der Waals surface area contributed by atoms with Crippen LogP contribution in [0.1, 0.15) is 0 Å². The lowest BCUT2D eigenvalue weighted by Crippen LogP contribution is -2.35. The average molecular weight is 118 g/mol. The molecule has 0 atom stereocenters. The minimum absolute atomic E-state index is 1.13. The molecular weight excluding hydrogens is 108 g/mol. The van der Waals surface area contributed by atoms with Gasteiger partial charge in [0, 0.05) is 12.6 Å². The third-order valence-corrected chi connectivity index (χ3v) is 1.87. The number of aryl methyl sites for hydroxylation is 1. The van der Waals surface area contributed by atoms with E-state index in [0.29, 0.717) is 0 Å². The first-order valence-electron chi connectivity index (χ1n) is 3.09. The van der Waals surface area contributed by atoms with Crippen LogP contribution in [-0.2, 0) is 7.05 Å². The Morgan fingerprint density at radius 3 is 2.00 bits per heavy atom. The number of aromatic nitrogens is 2. The SMILES string of the molecule is Bc1nn(C)c(B)c1B. The fourth-order valence-corrected chi connectivity index (χ4v) is 0.880. The van der Waals surface area contributed by atoms with Crippen LogP contribution >= 0.6 is 0 Å². The van der Waals surface area contributed by atoms with Gasteiger partial charge in [0.25, 0.3) is 0 Å². The highest BCUT2D eigenvalue weighted by Gasteiger charge is 2.00. The maximum atomic E-state index is 4.23. The summed E-state index contributed by atoms with van der Waals surface area (Å²) in [4.78, 5) is 0. The molecule has 0 spiro atoms. The average Bonchev–Trinajstić information content (AvgIpc) is 1.98. The molecule has 0 aliphatic carbocycles. The van der Waals surface area contributed by atoms with E-state index < -0.39 is 0 Å². The lowest BCUT2D eigenvalue weighted by atomic mass is 9.80. The summed E-state index contributed by atoms with van der Waals surface area (Å²) in [5, 5.41) is 4.23. The fraction of sp³-hybridized carbons (Fsp3) is 0.250. The van der Waals surface area contributed by atoms with Crippen LogP contribution in [0, 0.1) is 0 Å². The smallest absolute Gasteiger partial charge is 0.165 e. The summed E-state index contributed by atoms with van der Waals surface area (Å²) in [7, 11) is 8.17. The van der Waals surface area contributed by atoms with Crippen molar-refractivity contribution < 1.29 is 0 Å². The molecule has 0 N–H and O–H groups in total. The first-order valence-corrected chi connectivity index (χ1v) is 3.09. The van der Waals surface area contributed by atoms with Gasteiger partial charge in [-0.25, -0.2) is 0 Å². The van der Waals surface area contributed by atoms with Gasteiger partial charge in [-0.2, -0.15) is 5.10 Å². The van der Waals surface area contributed by atoms with E-state index in [9.17, 15) is 0 Å². The van der Waals surface area contributed by atoms with Gasteiger partial charge in [0.15, 0.2) is 15.7 Å². The number of nitrogens with zero attached hydrogens (tertiary/aromatic N) is 2. The second kappa shape index (κ2) is 1.97. The lowest BCUT2D eigenvalue weighted by molar-refractivity contribution is 0.799. The summed E-state index contributed by atoms with van der Waals surface area (Å²) in [5.74, 6) is 0. The summed E-state index contributed by atoms with van der Waals surface area (Å²) >= 11 is 0. The molecule has 0 aromatic carbocycles. The summed E-state index contributed by atoms with van der Waals surface area (Å²) < 4.78 is 1.91. The third-order valence-electron chi connectivity index (χ3n) is 1.87. The Kier molecular flexibility index (Phi) is 1.43. The van der Waals surface area contributed by atoms with E-state index in [1.807, 2.05) is 19.6 Å². The number of hydrogen-bond donors (Lipinski definition) is 0. The molecule has 0 bridgehead atoms. The zero-order chi connectivity index (χ0) is 7.02. The van der Waals surface area contributed by atoms with Crippen molar-refractivity contribution in [2.75, 3.05) is 0 Å². The van der Waals surface area contributed by atoms with Crippen molar-refractivity contribution in [3.05, 3.63) is 0 Å². The van der Waals surface area contributed by atoms with Crippen LogP contribution in [0.25, 0.3) is 0 Å². The van der Waals surface area contributed by atoms with E-state index in [2.05, 4.69) is 20.8 Å². The van der Waals surface area contributed by atoms with Gasteiger partial charge in [-0.05, 0) is 5.59 Å². The molecule has 1 rings (SSSR count). The fourth-order valence-electron chi connectivity index (χ4n) is 0.880. The number of hydrogen-bond acceptors (Lipinski definition) is 1. The van der Waals surface area contributed by atoms with Crippen molar-refractivity contribution in [2.24, 2.45) is 7.05 Å². The minimum Gasteiger partial charge on any atom is -0.284 e. The maximum absolute atomic E-state index is 4.23. The molecule has 0 radical (unpaired) electrons. The largest absolute Gasteiger partial charge is 0.284 e. The third kappa shape index (κ3) is 0.912. The molecule has 5 heteroatoms. The maximum Gasteiger partial charge on any atom is 0.165 e. The zero-order valence-electron chi connectivity index (χ0n) is 6.39.